The third-order valence-electron chi connectivity index (χ3n) is 7.05. The number of quaternary nitrogens is 1. The van der Waals surface area contributed by atoms with Gasteiger partial charge in [0.1, 0.15) is 17.9 Å². The van der Waals surface area contributed by atoms with E-state index in [0.29, 0.717) is 32.5 Å². The van der Waals surface area contributed by atoms with Crippen molar-refractivity contribution in [2.24, 2.45) is 17.6 Å². The summed E-state index contributed by atoms with van der Waals surface area (Å²) in [6.07, 6.45) is 0.303. The smallest absolute Gasteiger partial charge is 0.291 e. The summed E-state index contributed by atoms with van der Waals surface area (Å²) in [5.41, 5.74) is 6.28. The van der Waals surface area contributed by atoms with E-state index in [0.717, 1.165) is 4.90 Å². The molecule has 2 fully saturated rings. The predicted molar refractivity (Wildman–Crippen MR) is 122 cm³/mol. The molecule has 2 saturated heterocycles. The minimum absolute atomic E-state index is 0.0387. The van der Waals surface area contributed by atoms with Gasteiger partial charge in [-0.3, -0.25) is 19.2 Å². The number of hydrogen-bond donors (Lipinski definition) is 3. The highest BCUT2D eigenvalue weighted by Gasteiger charge is 2.74. The van der Waals surface area contributed by atoms with E-state index in [9.17, 15) is 19.2 Å². The highest BCUT2D eigenvalue weighted by Crippen LogP contribution is 2.51. The lowest BCUT2D eigenvalue weighted by Crippen LogP contribution is -2.99. The number of rotatable bonds is 4. The van der Waals surface area contributed by atoms with Gasteiger partial charge in [0.25, 0.3) is 5.91 Å². The molecule has 3 aliphatic heterocycles. The first-order chi connectivity index (χ1) is 15.7. The molecule has 5 rings (SSSR count). The monoisotopic (exact) mass is 487 g/mol. The van der Waals surface area contributed by atoms with Gasteiger partial charge in [0.15, 0.2) is 0 Å². The first-order valence-corrected chi connectivity index (χ1v) is 11.3. The molecule has 8 nitrogen and oxygen atoms in total. The molecule has 5 N–H and O–H groups in total. The minimum Gasteiger partial charge on any atom is -0.370 e. The molecule has 3 heterocycles. The number of carbonyl (C=O) groups is 4. The van der Waals surface area contributed by atoms with Gasteiger partial charge >= 0.3 is 0 Å². The SMILES string of the molecule is Cc1c(Cl)ccc2c1NC(=O)[C@]21[NH2+][C@H](CCC(N)=O)[C@H]2C(=O)N(c3ccc(Cl)cc3)C(=O)[C@H]21. The lowest BCUT2D eigenvalue weighted by Gasteiger charge is -2.26. The van der Waals surface area contributed by atoms with Crippen LogP contribution in [0.3, 0.4) is 0 Å². The van der Waals surface area contributed by atoms with E-state index >= 15 is 0 Å². The van der Waals surface area contributed by atoms with Gasteiger partial charge in [-0.1, -0.05) is 23.2 Å². The van der Waals surface area contributed by atoms with Gasteiger partial charge in [-0.2, -0.15) is 0 Å². The van der Waals surface area contributed by atoms with Gasteiger partial charge in [-0.25, -0.2) is 4.90 Å². The van der Waals surface area contributed by atoms with Gasteiger partial charge in [0.2, 0.25) is 23.3 Å². The molecule has 0 bridgehead atoms. The Morgan fingerprint density at radius 1 is 1.12 bits per heavy atom. The molecule has 2 aromatic rings. The summed E-state index contributed by atoms with van der Waals surface area (Å²) in [6, 6.07) is 9.33. The van der Waals surface area contributed by atoms with Crippen LogP contribution >= 0.6 is 23.2 Å². The number of halogens is 2. The molecule has 170 valence electrons. The molecular weight excluding hydrogens is 467 g/mol. The molecule has 2 aromatic carbocycles. The summed E-state index contributed by atoms with van der Waals surface area (Å²) in [5, 5.41) is 5.62. The number of fused-ring (bicyclic) bond motifs is 4. The van der Waals surface area contributed by atoms with Crippen LogP contribution in [0.15, 0.2) is 36.4 Å². The van der Waals surface area contributed by atoms with E-state index in [1.165, 1.54) is 0 Å². The Kier molecular flexibility index (Phi) is 5.00. The summed E-state index contributed by atoms with van der Waals surface area (Å²) in [6.45, 7) is 1.79. The molecule has 0 radical (unpaired) electrons. The number of primary amides is 1. The Hall–Kier alpha value is -2.94. The average molecular weight is 488 g/mol. The first kappa shape index (κ1) is 21.9. The Balaban J connectivity index is 1.66. The van der Waals surface area contributed by atoms with Crippen LogP contribution in [-0.4, -0.2) is 29.7 Å². The third kappa shape index (κ3) is 3.01. The first-order valence-electron chi connectivity index (χ1n) is 10.6. The number of amides is 4. The van der Waals surface area contributed by atoms with Crippen LogP contribution in [0.4, 0.5) is 11.4 Å². The van der Waals surface area contributed by atoms with E-state index in [4.69, 9.17) is 28.9 Å². The van der Waals surface area contributed by atoms with E-state index in [1.807, 2.05) is 0 Å². The number of carbonyl (C=O) groups excluding carboxylic acids is 4. The van der Waals surface area contributed by atoms with E-state index in [-0.39, 0.29) is 18.7 Å². The highest BCUT2D eigenvalue weighted by atomic mass is 35.5. The standard InChI is InChI=1S/C23H20Cl2N4O4/c1-10-14(25)7-6-13-19(10)27-22(33)23(13)18-17(15(28-23)8-9-16(26)30)20(31)29(21(18)32)12-4-2-11(24)3-5-12/h2-7,15,17-18,28H,8-9H2,1H3,(H2,26,30)(H,27,33)/p+1/t15-,17-,18+,23+/m1/s1. The zero-order valence-corrected chi connectivity index (χ0v) is 19.1. The maximum Gasteiger partial charge on any atom is 0.291 e. The summed E-state index contributed by atoms with van der Waals surface area (Å²) >= 11 is 12.3. The largest absolute Gasteiger partial charge is 0.370 e. The van der Waals surface area contributed by atoms with Gasteiger partial charge in [-0.15, -0.1) is 0 Å². The molecule has 10 heteroatoms. The number of nitrogens with zero attached hydrogens (tertiary/aromatic N) is 1. The molecule has 3 aliphatic rings. The van der Waals surface area contributed by atoms with Crippen LogP contribution in [0.25, 0.3) is 0 Å². The van der Waals surface area contributed by atoms with Crippen molar-refractivity contribution in [2.75, 3.05) is 10.2 Å². The van der Waals surface area contributed by atoms with Crippen LogP contribution in [0.1, 0.15) is 24.0 Å². The van der Waals surface area contributed by atoms with Crippen molar-refractivity contribution in [3.8, 4) is 0 Å². The second-order valence-electron chi connectivity index (χ2n) is 8.75. The summed E-state index contributed by atoms with van der Waals surface area (Å²) < 4.78 is 0. The Morgan fingerprint density at radius 3 is 2.48 bits per heavy atom. The van der Waals surface area contributed by atoms with Gasteiger partial charge < -0.3 is 16.4 Å². The van der Waals surface area contributed by atoms with Crippen LogP contribution < -0.4 is 21.3 Å². The molecule has 33 heavy (non-hydrogen) atoms. The zero-order chi connectivity index (χ0) is 23.7. The van der Waals surface area contributed by atoms with Crippen molar-refractivity contribution in [1.82, 2.24) is 0 Å². The van der Waals surface area contributed by atoms with Crippen molar-refractivity contribution in [3.63, 3.8) is 0 Å². The maximum atomic E-state index is 13.8. The molecule has 0 aromatic heterocycles. The van der Waals surface area contributed by atoms with E-state index in [1.54, 1.807) is 48.6 Å². The number of nitrogens with two attached hydrogens (primary N) is 2. The number of hydrogen-bond acceptors (Lipinski definition) is 4. The quantitative estimate of drug-likeness (QED) is 0.564. The molecule has 0 aliphatic carbocycles. The zero-order valence-electron chi connectivity index (χ0n) is 17.6. The number of imide groups is 1. The third-order valence-corrected chi connectivity index (χ3v) is 7.71. The number of benzene rings is 2. The summed E-state index contributed by atoms with van der Waals surface area (Å²) in [7, 11) is 0. The predicted octanol–water partition coefficient (Wildman–Crippen LogP) is 1.47. The molecule has 0 saturated carbocycles. The van der Waals surface area contributed by atoms with Crippen LogP contribution in [-0.2, 0) is 24.7 Å². The van der Waals surface area contributed by atoms with E-state index in [2.05, 4.69) is 5.32 Å². The fourth-order valence-corrected chi connectivity index (χ4v) is 5.85. The highest BCUT2D eigenvalue weighted by molar-refractivity contribution is 6.32. The number of nitrogens with one attached hydrogen (secondary N) is 1. The minimum atomic E-state index is -1.34. The van der Waals surface area contributed by atoms with Crippen LogP contribution in [0, 0.1) is 18.8 Å². The van der Waals surface area contributed by atoms with Crippen molar-refractivity contribution in [1.29, 1.82) is 0 Å². The van der Waals surface area contributed by atoms with Gasteiger partial charge in [0, 0.05) is 28.5 Å². The maximum absolute atomic E-state index is 13.8. The van der Waals surface area contributed by atoms with Crippen LogP contribution in [0.5, 0.6) is 0 Å². The number of anilines is 2. The van der Waals surface area contributed by atoms with Crippen molar-refractivity contribution in [2.45, 2.75) is 31.3 Å². The van der Waals surface area contributed by atoms with Crippen molar-refractivity contribution >= 4 is 58.2 Å². The van der Waals surface area contributed by atoms with Crippen LogP contribution in [0.2, 0.25) is 10.0 Å². The molecule has 0 unspecified atom stereocenters. The summed E-state index contributed by atoms with van der Waals surface area (Å²) in [5.74, 6) is -3.48. The Bertz CT molecular complexity index is 1230. The van der Waals surface area contributed by atoms with Gasteiger partial charge in [0.05, 0.1) is 11.4 Å². The summed E-state index contributed by atoms with van der Waals surface area (Å²) in [4.78, 5) is 53.5. The normalized spacial score (nSPS) is 27.8. The van der Waals surface area contributed by atoms with E-state index < -0.39 is 41.1 Å². The van der Waals surface area contributed by atoms with Crippen molar-refractivity contribution < 1.29 is 24.5 Å². The molecule has 4 amide bonds. The Morgan fingerprint density at radius 2 is 1.82 bits per heavy atom. The molecule has 1 spiro atoms. The second-order valence-corrected chi connectivity index (χ2v) is 9.59. The lowest BCUT2D eigenvalue weighted by molar-refractivity contribution is -0.733. The fourth-order valence-electron chi connectivity index (χ4n) is 5.57. The topological polar surface area (TPSA) is 126 Å². The molecule has 4 atom stereocenters. The molecular formula is C23H21Cl2N4O4+. The Labute approximate surface area is 199 Å². The second kappa shape index (κ2) is 7.55. The fraction of sp³-hybridized carbons (Fsp3) is 0.304. The van der Waals surface area contributed by atoms with Gasteiger partial charge in [-0.05, 0) is 48.9 Å². The lowest BCUT2D eigenvalue weighted by atomic mass is 9.76. The average Bonchev–Trinajstić information content (AvgIpc) is 3.35. The van der Waals surface area contributed by atoms with Crippen molar-refractivity contribution in [3.05, 3.63) is 57.6 Å².